The Balaban J connectivity index is 1.33. The van der Waals surface area contributed by atoms with Crippen LogP contribution in [-0.2, 0) is 0 Å². The van der Waals surface area contributed by atoms with Gasteiger partial charge in [-0.15, -0.1) is 11.3 Å². The number of benzene rings is 1. The first-order chi connectivity index (χ1) is 14.7. The Hall–Kier alpha value is -1.41. The van der Waals surface area contributed by atoms with Gasteiger partial charge >= 0.3 is 0 Å². The molecule has 0 atom stereocenters. The molecular weight excluding hydrogens is 387 g/mol. The lowest BCUT2D eigenvalue weighted by Crippen LogP contribution is -2.15. The molecular formula is C28H37FS. The molecule has 0 unspecified atom stereocenters. The van der Waals surface area contributed by atoms with Crippen LogP contribution in [0.3, 0.4) is 0 Å². The highest BCUT2D eigenvalue weighted by Crippen LogP contribution is 2.41. The van der Waals surface area contributed by atoms with Crippen LogP contribution in [0.25, 0.3) is 16.2 Å². The van der Waals surface area contributed by atoms with Gasteiger partial charge in [0.15, 0.2) is 0 Å². The van der Waals surface area contributed by atoms with Crippen molar-refractivity contribution >= 4 is 27.5 Å². The molecule has 0 aliphatic heterocycles. The fraction of sp³-hybridized carbons (Fsp3) is 0.571. The molecule has 1 aromatic carbocycles. The van der Waals surface area contributed by atoms with E-state index in [1.165, 1.54) is 51.4 Å². The number of hydrogen-bond acceptors (Lipinski definition) is 1. The van der Waals surface area contributed by atoms with Crippen LogP contribution in [0, 0.1) is 23.6 Å². The third kappa shape index (κ3) is 5.07. The van der Waals surface area contributed by atoms with Crippen LogP contribution in [0.5, 0.6) is 0 Å². The topological polar surface area (TPSA) is 0 Å². The molecule has 4 rings (SSSR count). The van der Waals surface area contributed by atoms with Crippen molar-refractivity contribution in [2.24, 2.45) is 17.8 Å². The molecule has 2 aromatic rings. The Morgan fingerprint density at radius 1 is 0.967 bits per heavy atom. The minimum absolute atomic E-state index is 0.0380. The van der Waals surface area contributed by atoms with Gasteiger partial charge < -0.3 is 0 Å². The van der Waals surface area contributed by atoms with Gasteiger partial charge in [-0.3, -0.25) is 0 Å². The van der Waals surface area contributed by atoms with E-state index in [1.54, 1.807) is 11.3 Å². The fourth-order valence-electron chi connectivity index (χ4n) is 5.68. The summed E-state index contributed by atoms with van der Waals surface area (Å²) in [5.74, 6) is 2.91. The molecule has 2 fully saturated rings. The smallest absolute Gasteiger partial charge is 0.144 e. The van der Waals surface area contributed by atoms with Gasteiger partial charge in [-0.25, -0.2) is 4.39 Å². The van der Waals surface area contributed by atoms with E-state index in [-0.39, 0.29) is 5.82 Å². The van der Waals surface area contributed by atoms with Crippen LogP contribution in [0.1, 0.15) is 94.4 Å². The lowest BCUT2D eigenvalue weighted by atomic mass is 9.76. The van der Waals surface area contributed by atoms with Crippen molar-refractivity contribution in [3.05, 3.63) is 52.7 Å². The zero-order valence-corrected chi connectivity index (χ0v) is 19.5. The van der Waals surface area contributed by atoms with E-state index in [0.29, 0.717) is 11.8 Å². The Morgan fingerprint density at radius 2 is 1.63 bits per heavy atom. The second-order valence-electron chi connectivity index (χ2n) is 9.60. The van der Waals surface area contributed by atoms with Crippen molar-refractivity contribution in [2.45, 2.75) is 84.0 Å². The number of halogens is 1. The van der Waals surface area contributed by atoms with E-state index in [2.05, 4.69) is 43.4 Å². The van der Waals surface area contributed by atoms with Crippen LogP contribution in [0.2, 0.25) is 0 Å². The molecule has 0 nitrogen and oxygen atoms in total. The first kappa shape index (κ1) is 21.8. The quantitative estimate of drug-likeness (QED) is 0.405. The summed E-state index contributed by atoms with van der Waals surface area (Å²) in [6.07, 6.45) is 22.2. The highest BCUT2D eigenvalue weighted by atomic mass is 32.1. The van der Waals surface area contributed by atoms with E-state index >= 15 is 4.39 Å². The van der Waals surface area contributed by atoms with Gasteiger partial charge in [-0.1, -0.05) is 50.1 Å². The molecule has 0 spiro atoms. The van der Waals surface area contributed by atoms with Crippen LogP contribution in [-0.4, -0.2) is 0 Å². The van der Waals surface area contributed by atoms with Gasteiger partial charge in [0.2, 0.25) is 0 Å². The Kier molecular flexibility index (Phi) is 7.46. The summed E-state index contributed by atoms with van der Waals surface area (Å²) >= 11 is 1.58. The van der Waals surface area contributed by atoms with Crippen LogP contribution < -0.4 is 0 Å². The molecule has 2 saturated carbocycles. The number of fused-ring (bicyclic) bond motifs is 1. The van der Waals surface area contributed by atoms with Crippen molar-refractivity contribution in [1.82, 2.24) is 0 Å². The molecule has 2 heteroatoms. The normalized spacial score (nSPS) is 28.1. The maximum Gasteiger partial charge on any atom is 0.144 e. The Bertz CT molecular complexity index is 873. The second kappa shape index (κ2) is 10.3. The van der Waals surface area contributed by atoms with E-state index in [0.717, 1.165) is 45.2 Å². The predicted octanol–water partition coefficient (Wildman–Crippen LogP) is 9.51. The van der Waals surface area contributed by atoms with Gasteiger partial charge in [0.05, 0.1) is 4.70 Å². The zero-order chi connectivity index (χ0) is 20.9. The average Bonchev–Trinajstić information content (AvgIpc) is 3.18. The predicted molar refractivity (Wildman–Crippen MR) is 131 cm³/mol. The van der Waals surface area contributed by atoms with Crippen LogP contribution in [0.15, 0.2) is 36.4 Å². The highest BCUT2D eigenvalue weighted by Gasteiger charge is 2.25. The summed E-state index contributed by atoms with van der Waals surface area (Å²) < 4.78 is 16.1. The molecule has 2 aliphatic carbocycles. The molecule has 162 valence electrons. The van der Waals surface area contributed by atoms with E-state index in [1.807, 2.05) is 13.0 Å². The molecule has 0 bridgehead atoms. The largest absolute Gasteiger partial charge is 0.205 e. The standard InChI is InChI=1S/C28H37FS/c1-3-5-20-7-9-21(10-8-20)11-12-22-13-15-23(16-14-22)26-18-17-24-19-25(6-4-2)30-28(24)27(26)29/h4,6,11-12,17-23H,3,5,7-10,13-16H2,1-2H3/b6-4+,12-11+. The van der Waals surface area contributed by atoms with Gasteiger partial charge in [0, 0.05) is 4.88 Å². The number of allylic oxidation sites excluding steroid dienone is 3. The third-order valence-electron chi connectivity index (χ3n) is 7.46. The minimum atomic E-state index is 0.0380. The van der Waals surface area contributed by atoms with E-state index < -0.39 is 0 Å². The van der Waals surface area contributed by atoms with Gasteiger partial charge in [-0.05, 0) is 105 Å². The third-order valence-corrected chi connectivity index (χ3v) is 8.57. The van der Waals surface area contributed by atoms with E-state index in [9.17, 15) is 0 Å². The molecule has 0 saturated heterocycles. The molecule has 2 aliphatic rings. The summed E-state index contributed by atoms with van der Waals surface area (Å²) in [5.41, 5.74) is 0.952. The lowest BCUT2D eigenvalue weighted by Gasteiger charge is -2.29. The second-order valence-corrected chi connectivity index (χ2v) is 10.7. The number of thiophene rings is 1. The van der Waals surface area contributed by atoms with Gasteiger partial charge in [0.1, 0.15) is 5.82 Å². The summed E-state index contributed by atoms with van der Waals surface area (Å²) in [6.45, 7) is 4.32. The molecule has 1 heterocycles. The minimum Gasteiger partial charge on any atom is -0.205 e. The first-order valence-corrected chi connectivity index (χ1v) is 13.0. The molecule has 0 N–H and O–H groups in total. The Labute approximate surface area is 186 Å². The number of rotatable bonds is 6. The summed E-state index contributed by atoms with van der Waals surface area (Å²) in [4.78, 5) is 1.14. The summed E-state index contributed by atoms with van der Waals surface area (Å²) in [6, 6.07) is 6.28. The van der Waals surface area contributed by atoms with Crippen molar-refractivity contribution in [3.63, 3.8) is 0 Å². The molecule has 1 aromatic heterocycles. The lowest BCUT2D eigenvalue weighted by molar-refractivity contribution is 0.292. The first-order valence-electron chi connectivity index (χ1n) is 12.2. The summed E-state index contributed by atoms with van der Waals surface area (Å²) in [7, 11) is 0. The molecule has 30 heavy (non-hydrogen) atoms. The molecule has 0 radical (unpaired) electrons. The monoisotopic (exact) mass is 424 g/mol. The number of hydrogen-bond donors (Lipinski definition) is 0. The average molecular weight is 425 g/mol. The van der Waals surface area contributed by atoms with Crippen LogP contribution >= 0.6 is 11.3 Å². The van der Waals surface area contributed by atoms with Crippen molar-refractivity contribution in [1.29, 1.82) is 0 Å². The maximum absolute atomic E-state index is 15.3. The zero-order valence-electron chi connectivity index (χ0n) is 18.7. The maximum atomic E-state index is 15.3. The van der Waals surface area contributed by atoms with Crippen molar-refractivity contribution < 1.29 is 4.39 Å². The highest BCUT2D eigenvalue weighted by molar-refractivity contribution is 7.19. The SMILES string of the molecule is C/C=C/c1cc2ccc(C3CCC(/C=C/C4CCC(CCC)CC4)CC3)c(F)c2s1. The van der Waals surface area contributed by atoms with Gasteiger partial charge in [0.25, 0.3) is 0 Å². The fourth-order valence-corrected chi connectivity index (χ4v) is 6.76. The van der Waals surface area contributed by atoms with Gasteiger partial charge in [-0.2, -0.15) is 0 Å². The summed E-state index contributed by atoms with van der Waals surface area (Å²) in [5, 5.41) is 1.04. The van der Waals surface area contributed by atoms with Crippen LogP contribution in [0.4, 0.5) is 4.39 Å². The molecule has 0 amide bonds. The van der Waals surface area contributed by atoms with Crippen molar-refractivity contribution in [2.75, 3.05) is 0 Å². The Morgan fingerprint density at radius 3 is 2.27 bits per heavy atom. The van der Waals surface area contributed by atoms with E-state index in [4.69, 9.17) is 0 Å². The van der Waals surface area contributed by atoms with Crippen molar-refractivity contribution in [3.8, 4) is 0 Å².